The van der Waals surface area contributed by atoms with Crippen LogP contribution < -0.4 is 15.9 Å². The van der Waals surface area contributed by atoms with Gasteiger partial charge in [-0.05, 0) is 29.8 Å². The number of nitrogens with one attached hydrogen (secondary N) is 1. The maximum absolute atomic E-state index is 5.70. The summed E-state index contributed by atoms with van der Waals surface area (Å²) in [7, 11) is 1.62. The van der Waals surface area contributed by atoms with Crippen molar-refractivity contribution in [2.75, 3.05) is 18.3 Å². The highest BCUT2D eigenvalue weighted by molar-refractivity contribution is 5.80. The first-order chi connectivity index (χ1) is 10.3. The molecule has 3 aromatic rings. The van der Waals surface area contributed by atoms with E-state index in [0.29, 0.717) is 17.4 Å². The molecule has 21 heavy (non-hydrogen) atoms. The monoisotopic (exact) mass is 283 g/mol. The minimum Gasteiger partial charge on any atom is -0.497 e. The van der Waals surface area contributed by atoms with Crippen LogP contribution in [-0.2, 0) is 0 Å². The van der Waals surface area contributed by atoms with Gasteiger partial charge in [-0.25, -0.2) is 10.4 Å². The zero-order valence-electron chi connectivity index (χ0n) is 11.3. The SMILES string of the molecule is COc1ccc(C=NNc2nc(N)cc3ncnn23)cc1. The van der Waals surface area contributed by atoms with Gasteiger partial charge in [-0.15, -0.1) is 0 Å². The lowest BCUT2D eigenvalue weighted by Crippen LogP contribution is -2.05. The summed E-state index contributed by atoms with van der Waals surface area (Å²) in [6.07, 6.45) is 3.09. The van der Waals surface area contributed by atoms with Crippen molar-refractivity contribution in [1.29, 1.82) is 0 Å². The number of nitrogen functional groups attached to an aromatic ring is 1. The van der Waals surface area contributed by atoms with Crippen LogP contribution in [0, 0.1) is 0 Å². The fourth-order valence-corrected chi connectivity index (χ4v) is 1.77. The number of nitrogens with two attached hydrogens (primary N) is 1. The van der Waals surface area contributed by atoms with Crippen LogP contribution in [0.5, 0.6) is 5.75 Å². The Morgan fingerprint density at radius 1 is 1.33 bits per heavy atom. The third kappa shape index (κ3) is 2.73. The molecule has 0 aliphatic rings. The maximum Gasteiger partial charge on any atom is 0.248 e. The standard InChI is InChI=1S/C13H13N7O/c1-21-10-4-2-9(3-5-10)7-16-19-13-18-11(14)6-12-15-8-17-20(12)13/h2-8H,14H2,1H3,(H,18,19). The molecule has 0 bridgehead atoms. The first-order valence-corrected chi connectivity index (χ1v) is 6.15. The van der Waals surface area contributed by atoms with Gasteiger partial charge < -0.3 is 10.5 Å². The number of hydrazone groups is 1. The number of aromatic nitrogens is 4. The van der Waals surface area contributed by atoms with E-state index < -0.39 is 0 Å². The topological polar surface area (TPSA) is 103 Å². The first-order valence-electron chi connectivity index (χ1n) is 6.15. The number of anilines is 2. The molecule has 3 N–H and O–H groups in total. The Morgan fingerprint density at radius 2 is 2.14 bits per heavy atom. The van der Waals surface area contributed by atoms with E-state index in [1.165, 1.54) is 10.8 Å². The molecule has 0 saturated heterocycles. The predicted octanol–water partition coefficient (Wildman–Crippen LogP) is 1.16. The van der Waals surface area contributed by atoms with Crippen molar-refractivity contribution < 1.29 is 4.74 Å². The Kier molecular flexibility index (Phi) is 3.34. The molecule has 0 unspecified atom stereocenters. The van der Waals surface area contributed by atoms with Gasteiger partial charge in [0.1, 0.15) is 17.9 Å². The fourth-order valence-electron chi connectivity index (χ4n) is 1.77. The highest BCUT2D eigenvalue weighted by Crippen LogP contribution is 2.11. The van der Waals surface area contributed by atoms with Gasteiger partial charge in [0.2, 0.25) is 5.95 Å². The highest BCUT2D eigenvalue weighted by Gasteiger charge is 2.04. The van der Waals surface area contributed by atoms with E-state index in [0.717, 1.165) is 11.3 Å². The summed E-state index contributed by atoms with van der Waals surface area (Å²) < 4.78 is 6.61. The lowest BCUT2D eigenvalue weighted by Gasteiger charge is -2.03. The van der Waals surface area contributed by atoms with Gasteiger partial charge in [0.25, 0.3) is 0 Å². The lowest BCUT2D eigenvalue weighted by atomic mass is 10.2. The number of fused-ring (bicyclic) bond motifs is 1. The second-order valence-electron chi connectivity index (χ2n) is 4.18. The molecule has 0 radical (unpaired) electrons. The van der Waals surface area contributed by atoms with Crippen LogP contribution in [0.2, 0.25) is 0 Å². The van der Waals surface area contributed by atoms with Crippen LogP contribution in [-0.4, -0.2) is 32.9 Å². The Morgan fingerprint density at radius 3 is 2.90 bits per heavy atom. The molecule has 0 amide bonds. The van der Waals surface area contributed by atoms with Gasteiger partial charge in [-0.1, -0.05) is 0 Å². The van der Waals surface area contributed by atoms with Gasteiger partial charge in [0.15, 0.2) is 5.65 Å². The lowest BCUT2D eigenvalue weighted by molar-refractivity contribution is 0.415. The molecule has 106 valence electrons. The zero-order chi connectivity index (χ0) is 14.7. The van der Waals surface area contributed by atoms with Crippen LogP contribution in [0.1, 0.15) is 5.56 Å². The predicted molar refractivity (Wildman–Crippen MR) is 79.4 cm³/mol. The van der Waals surface area contributed by atoms with Crippen molar-refractivity contribution in [3.8, 4) is 5.75 Å². The zero-order valence-corrected chi connectivity index (χ0v) is 11.3. The molecule has 0 spiro atoms. The number of methoxy groups -OCH3 is 1. The summed E-state index contributed by atoms with van der Waals surface area (Å²) in [6.45, 7) is 0. The average molecular weight is 283 g/mol. The Hall–Kier alpha value is -3.16. The van der Waals surface area contributed by atoms with Crippen molar-refractivity contribution in [2.45, 2.75) is 0 Å². The van der Waals surface area contributed by atoms with Crippen LogP contribution in [0.3, 0.4) is 0 Å². The third-order valence-corrected chi connectivity index (χ3v) is 2.78. The second kappa shape index (κ2) is 5.45. The number of nitrogens with zero attached hydrogens (tertiary/aromatic N) is 5. The number of hydrogen-bond acceptors (Lipinski definition) is 7. The third-order valence-electron chi connectivity index (χ3n) is 2.78. The number of hydrogen-bond donors (Lipinski definition) is 2. The minimum absolute atomic E-state index is 0.345. The molecule has 2 aromatic heterocycles. The largest absolute Gasteiger partial charge is 0.497 e. The molecule has 0 atom stereocenters. The summed E-state index contributed by atoms with van der Waals surface area (Å²) in [5.41, 5.74) is 10.0. The van der Waals surface area contributed by atoms with E-state index in [1.54, 1.807) is 19.4 Å². The van der Waals surface area contributed by atoms with Crippen molar-refractivity contribution in [1.82, 2.24) is 19.6 Å². The minimum atomic E-state index is 0.345. The number of benzene rings is 1. The van der Waals surface area contributed by atoms with E-state index in [-0.39, 0.29) is 0 Å². The van der Waals surface area contributed by atoms with Gasteiger partial charge in [0, 0.05) is 6.07 Å². The molecule has 0 saturated carbocycles. The van der Waals surface area contributed by atoms with Gasteiger partial charge in [-0.3, -0.25) is 0 Å². The summed E-state index contributed by atoms with van der Waals surface area (Å²) >= 11 is 0. The molecule has 8 heteroatoms. The van der Waals surface area contributed by atoms with Gasteiger partial charge >= 0.3 is 0 Å². The molecular formula is C13H13N7O. The molecular weight excluding hydrogens is 270 g/mol. The van der Waals surface area contributed by atoms with E-state index in [4.69, 9.17) is 10.5 Å². The fraction of sp³-hybridized carbons (Fsp3) is 0.0769. The number of ether oxygens (including phenoxy) is 1. The summed E-state index contributed by atoms with van der Waals surface area (Å²) in [5, 5.41) is 8.16. The Bertz CT molecular complexity index is 779. The Labute approximate surface area is 120 Å². The molecule has 0 fully saturated rings. The molecule has 3 rings (SSSR count). The summed E-state index contributed by atoms with van der Waals surface area (Å²) in [6, 6.07) is 9.13. The van der Waals surface area contributed by atoms with Crippen LogP contribution >= 0.6 is 0 Å². The van der Waals surface area contributed by atoms with Crippen molar-refractivity contribution in [3.63, 3.8) is 0 Å². The molecule has 0 aliphatic carbocycles. The normalized spacial score (nSPS) is 11.1. The quantitative estimate of drug-likeness (QED) is 0.550. The van der Waals surface area contributed by atoms with E-state index in [9.17, 15) is 0 Å². The van der Waals surface area contributed by atoms with Gasteiger partial charge in [0.05, 0.1) is 13.3 Å². The van der Waals surface area contributed by atoms with E-state index >= 15 is 0 Å². The second-order valence-corrected chi connectivity index (χ2v) is 4.18. The average Bonchev–Trinajstić information content (AvgIpc) is 2.96. The summed E-state index contributed by atoms with van der Waals surface area (Å²) in [4.78, 5) is 8.18. The van der Waals surface area contributed by atoms with Crippen LogP contribution in [0.15, 0.2) is 41.8 Å². The van der Waals surface area contributed by atoms with Crippen molar-refractivity contribution in [3.05, 3.63) is 42.2 Å². The smallest absolute Gasteiger partial charge is 0.248 e. The summed E-state index contributed by atoms with van der Waals surface area (Å²) in [5.74, 6) is 1.53. The van der Waals surface area contributed by atoms with Crippen LogP contribution in [0.4, 0.5) is 11.8 Å². The number of rotatable bonds is 4. The highest BCUT2D eigenvalue weighted by atomic mass is 16.5. The molecule has 0 aliphatic heterocycles. The van der Waals surface area contributed by atoms with Crippen molar-refractivity contribution in [2.24, 2.45) is 5.10 Å². The van der Waals surface area contributed by atoms with Gasteiger partial charge in [-0.2, -0.15) is 19.7 Å². The molecule has 2 heterocycles. The molecule has 1 aromatic carbocycles. The van der Waals surface area contributed by atoms with Crippen LogP contribution in [0.25, 0.3) is 5.65 Å². The van der Waals surface area contributed by atoms with Crippen molar-refractivity contribution >= 4 is 23.6 Å². The molecule has 8 nitrogen and oxygen atoms in total. The van der Waals surface area contributed by atoms with E-state index in [1.807, 2.05) is 24.3 Å². The first kappa shape index (κ1) is 12.9. The van der Waals surface area contributed by atoms with E-state index in [2.05, 4.69) is 25.6 Å². The maximum atomic E-state index is 5.70. The Balaban J connectivity index is 1.79.